The van der Waals surface area contributed by atoms with E-state index in [2.05, 4.69) is 9.62 Å². The summed E-state index contributed by atoms with van der Waals surface area (Å²) in [6, 6.07) is 10.5. The SMILES string of the molecule is COc1ccc2c(c1)COc1ccc(F)cc1C2=C1CCN(CC2(C(=O)NS(C)(=O)=O)CC2)CC1. The number of ether oxygens (including phenoxy) is 2. The summed E-state index contributed by atoms with van der Waals surface area (Å²) in [7, 11) is -1.95. The highest BCUT2D eigenvalue weighted by Gasteiger charge is 2.51. The number of hydrogen-bond acceptors (Lipinski definition) is 6. The Labute approximate surface area is 205 Å². The molecule has 2 heterocycles. The van der Waals surface area contributed by atoms with Crippen molar-refractivity contribution in [3.8, 4) is 11.5 Å². The monoisotopic (exact) mass is 500 g/mol. The van der Waals surface area contributed by atoms with Gasteiger partial charge in [-0.05, 0) is 67.2 Å². The van der Waals surface area contributed by atoms with E-state index in [-0.39, 0.29) is 5.82 Å². The Morgan fingerprint density at radius 2 is 1.89 bits per heavy atom. The van der Waals surface area contributed by atoms with Crippen LogP contribution < -0.4 is 14.2 Å². The van der Waals surface area contributed by atoms with Crippen LogP contribution in [0.2, 0.25) is 0 Å². The normalized spacial score (nSPS) is 19.2. The topological polar surface area (TPSA) is 84.9 Å². The zero-order valence-corrected chi connectivity index (χ0v) is 20.7. The van der Waals surface area contributed by atoms with Gasteiger partial charge in [0.2, 0.25) is 15.9 Å². The number of amides is 1. The molecular formula is C26H29FN2O5S. The Hall–Kier alpha value is -2.91. The molecule has 1 saturated carbocycles. The summed E-state index contributed by atoms with van der Waals surface area (Å²) in [6.45, 7) is 2.39. The van der Waals surface area contributed by atoms with Gasteiger partial charge in [0.15, 0.2) is 0 Å². The van der Waals surface area contributed by atoms with Gasteiger partial charge in [0.25, 0.3) is 0 Å². The van der Waals surface area contributed by atoms with Gasteiger partial charge < -0.3 is 14.4 Å². The summed E-state index contributed by atoms with van der Waals surface area (Å²) in [5.41, 5.74) is 4.36. The van der Waals surface area contributed by atoms with Crippen molar-refractivity contribution in [2.24, 2.45) is 5.41 Å². The predicted octanol–water partition coefficient (Wildman–Crippen LogP) is 3.48. The summed E-state index contributed by atoms with van der Waals surface area (Å²) in [4.78, 5) is 14.8. The zero-order chi connectivity index (χ0) is 24.8. The van der Waals surface area contributed by atoms with Gasteiger partial charge >= 0.3 is 0 Å². The number of likely N-dealkylation sites (tertiary alicyclic amines) is 1. The van der Waals surface area contributed by atoms with Crippen LogP contribution in [0.5, 0.6) is 11.5 Å². The molecule has 35 heavy (non-hydrogen) atoms. The maximum atomic E-state index is 14.3. The fraction of sp³-hybridized carbons (Fsp3) is 0.423. The molecule has 0 radical (unpaired) electrons. The second-order valence-electron chi connectivity index (χ2n) is 9.69. The lowest BCUT2D eigenvalue weighted by Gasteiger charge is -2.32. The molecule has 2 fully saturated rings. The molecule has 5 rings (SSSR count). The maximum Gasteiger partial charge on any atom is 0.240 e. The van der Waals surface area contributed by atoms with Crippen molar-refractivity contribution < 1.29 is 27.1 Å². The Morgan fingerprint density at radius 3 is 2.54 bits per heavy atom. The Kier molecular flexibility index (Phi) is 6.09. The largest absolute Gasteiger partial charge is 0.497 e. The standard InChI is InChI=1S/C26H29FN2O5S/c1-33-20-4-5-21-18(13-20)15-34-23-6-3-19(27)14-22(23)24(21)17-7-11-29(12-8-17)16-26(9-10-26)25(30)28-35(2,31)32/h3-6,13-14H,7-12,15-16H2,1-2H3,(H,28,30). The van der Waals surface area contributed by atoms with Crippen molar-refractivity contribution in [2.45, 2.75) is 32.3 Å². The van der Waals surface area contributed by atoms with Crippen LogP contribution in [0.4, 0.5) is 4.39 Å². The molecule has 186 valence electrons. The second-order valence-corrected chi connectivity index (χ2v) is 11.4. The van der Waals surface area contributed by atoms with Crippen molar-refractivity contribution in [3.05, 3.63) is 64.5 Å². The number of nitrogens with zero attached hydrogens (tertiary/aromatic N) is 1. The predicted molar refractivity (Wildman–Crippen MR) is 130 cm³/mol. The number of benzene rings is 2. The number of methoxy groups -OCH3 is 1. The molecule has 0 bridgehead atoms. The van der Waals surface area contributed by atoms with E-state index in [1.807, 2.05) is 18.2 Å². The van der Waals surface area contributed by atoms with Crippen molar-refractivity contribution in [3.63, 3.8) is 0 Å². The molecule has 9 heteroatoms. The smallest absolute Gasteiger partial charge is 0.240 e. The quantitative estimate of drug-likeness (QED) is 0.677. The van der Waals surface area contributed by atoms with Crippen molar-refractivity contribution in [2.75, 3.05) is 33.0 Å². The van der Waals surface area contributed by atoms with E-state index < -0.39 is 21.3 Å². The molecule has 1 aliphatic carbocycles. The molecule has 2 aromatic carbocycles. The lowest BCUT2D eigenvalue weighted by Crippen LogP contribution is -2.44. The van der Waals surface area contributed by atoms with Gasteiger partial charge in [0.1, 0.15) is 23.9 Å². The number of nitrogens with one attached hydrogen (secondary N) is 1. The molecule has 0 unspecified atom stereocenters. The number of fused-ring (bicyclic) bond motifs is 2. The first-order valence-electron chi connectivity index (χ1n) is 11.7. The van der Waals surface area contributed by atoms with E-state index in [9.17, 15) is 17.6 Å². The Balaban J connectivity index is 1.43. The van der Waals surface area contributed by atoms with Crippen molar-refractivity contribution in [1.29, 1.82) is 0 Å². The van der Waals surface area contributed by atoms with Crippen LogP contribution in [-0.4, -0.2) is 52.2 Å². The second kappa shape index (κ2) is 8.95. The molecule has 0 aromatic heterocycles. The van der Waals surface area contributed by atoms with Crippen molar-refractivity contribution in [1.82, 2.24) is 9.62 Å². The minimum Gasteiger partial charge on any atom is -0.497 e. The zero-order valence-electron chi connectivity index (χ0n) is 19.9. The summed E-state index contributed by atoms with van der Waals surface area (Å²) in [6.07, 6.45) is 3.92. The number of halogens is 1. The first-order chi connectivity index (χ1) is 16.7. The first kappa shape index (κ1) is 23.8. The van der Waals surface area contributed by atoms with Gasteiger partial charge in [0, 0.05) is 30.8 Å². The molecule has 2 aliphatic heterocycles. The highest BCUT2D eigenvalue weighted by Crippen LogP contribution is 2.48. The highest BCUT2D eigenvalue weighted by molar-refractivity contribution is 7.89. The van der Waals surface area contributed by atoms with E-state index in [0.29, 0.717) is 31.7 Å². The van der Waals surface area contributed by atoms with Gasteiger partial charge in [0.05, 0.1) is 18.8 Å². The first-order valence-corrected chi connectivity index (χ1v) is 13.6. The van der Waals surface area contributed by atoms with Crippen LogP contribution in [-0.2, 0) is 21.4 Å². The summed E-state index contributed by atoms with van der Waals surface area (Å²) in [5.74, 6) is 0.677. The number of piperidine rings is 1. The maximum absolute atomic E-state index is 14.3. The van der Waals surface area contributed by atoms with Crippen LogP contribution in [0.25, 0.3) is 5.57 Å². The van der Waals surface area contributed by atoms with E-state index in [4.69, 9.17) is 9.47 Å². The van der Waals surface area contributed by atoms with Crippen LogP contribution >= 0.6 is 0 Å². The Morgan fingerprint density at radius 1 is 1.14 bits per heavy atom. The average molecular weight is 501 g/mol. The lowest BCUT2D eigenvalue weighted by atomic mass is 9.86. The van der Waals surface area contributed by atoms with Crippen LogP contribution in [0.3, 0.4) is 0 Å². The minimum absolute atomic E-state index is 0.313. The lowest BCUT2D eigenvalue weighted by molar-refractivity contribution is -0.125. The third-order valence-electron chi connectivity index (χ3n) is 7.13. The number of carbonyl (C=O) groups excluding carboxylic acids is 1. The fourth-order valence-corrected chi connectivity index (χ4v) is 5.66. The van der Waals surface area contributed by atoms with E-state index in [0.717, 1.165) is 60.2 Å². The molecule has 0 atom stereocenters. The van der Waals surface area contributed by atoms with Gasteiger partial charge in [-0.15, -0.1) is 0 Å². The third-order valence-corrected chi connectivity index (χ3v) is 7.68. The number of carbonyl (C=O) groups is 1. The van der Waals surface area contributed by atoms with Gasteiger partial charge in [-0.1, -0.05) is 11.6 Å². The molecular weight excluding hydrogens is 471 g/mol. The molecule has 1 N–H and O–H groups in total. The molecule has 3 aliphatic rings. The van der Waals surface area contributed by atoms with Crippen LogP contribution in [0, 0.1) is 11.2 Å². The number of hydrogen-bond donors (Lipinski definition) is 1. The Bertz CT molecular complexity index is 1310. The van der Waals surface area contributed by atoms with Gasteiger partial charge in [-0.3, -0.25) is 9.52 Å². The summed E-state index contributed by atoms with van der Waals surface area (Å²) >= 11 is 0. The van der Waals surface area contributed by atoms with Gasteiger partial charge in [-0.2, -0.15) is 0 Å². The average Bonchev–Trinajstić information content (AvgIpc) is 3.61. The highest BCUT2D eigenvalue weighted by atomic mass is 32.2. The van der Waals surface area contributed by atoms with E-state index in [1.54, 1.807) is 13.2 Å². The van der Waals surface area contributed by atoms with E-state index in [1.165, 1.54) is 17.7 Å². The number of sulfonamides is 1. The fourth-order valence-electron chi connectivity index (χ4n) is 5.11. The molecule has 1 saturated heterocycles. The molecule has 7 nitrogen and oxygen atoms in total. The number of rotatable bonds is 5. The van der Waals surface area contributed by atoms with E-state index >= 15 is 0 Å². The van der Waals surface area contributed by atoms with Crippen molar-refractivity contribution >= 4 is 21.5 Å². The summed E-state index contributed by atoms with van der Waals surface area (Å²) < 4.78 is 51.0. The minimum atomic E-state index is -3.58. The molecule has 0 spiro atoms. The summed E-state index contributed by atoms with van der Waals surface area (Å²) in [5, 5.41) is 0. The van der Waals surface area contributed by atoms with Gasteiger partial charge in [-0.25, -0.2) is 12.8 Å². The third kappa shape index (κ3) is 4.92. The molecule has 1 amide bonds. The van der Waals surface area contributed by atoms with Crippen LogP contribution in [0.1, 0.15) is 42.4 Å². The van der Waals surface area contributed by atoms with Crippen LogP contribution in [0.15, 0.2) is 42.0 Å². The molecule has 2 aromatic rings.